The van der Waals surface area contributed by atoms with E-state index in [1.165, 1.54) is 0 Å². The van der Waals surface area contributed by atoms with E-state index in [-0.39, 0.29) is 40.8 Å². The van der Waals surface area contributed by atoms with Crippen LogP contribution in [0.1, 0.15) is 133 Å². The summed E-state index contributed by atoms with van der Waals surface area (Å²) in [5.74, 6) is -2.08. The number of nitrogens with one attached hydrogen (secondary N) is 4. The predicted molar refractivity (Wildman–Crippen MR) is 211 cm³/mol. The molecule has 1 saturated heterocycles. The summed E-state index contributed by atoms with van der Waals surface area (Å²) < 4.78 is 5.36. The normalized spacial score (nSPS) is 17.9. The summed E-state index contributed by atoms with van der Waals surface area (Å²) in [4.78, 5) is 75.6. The number of Topliss-reactive ketones (excluding diaryl/α,β-unsaturated/α-hetero) is 1. The molecule has 1 aliphatic rings. The van der Waals surface area contributed by atoms with Crippen LogP contribution in [0.3, 0.4) is 0 Å². The number of urea groups is 1. The smallest absolute Gasteiger partial charge is 0.326 e. The second-order valence-corrected chi connectivity index (χ2v) is 15.9. The standard InChI is InChI=1S/C28H43N3O5.C11H22N2O2.C2H6/c1-6-11-19(3)17-23(30-27(34)25-22(12-7-2)15-16-31(25)5)26(33)28(35)29-18-24(32)36-20(4)21-13-9-8-10-14-21;1-10(2,3)8(7-14)12-9(15)13-11(4,5)6;1-2/h8-10,13-14,19-20,22-23,25H,6-7,11-12,15-18H2,1-5H3,(H,29,35)(H,30,34);7-8H,1-6H3,(H2,12,13,15);1-2H3. The van der Waals surface area contributed by atoms with Crippen LogP contribution >= 0.6 is 0 Å². The summed E-state index contributed by atoms with van der Waals surface area (Å²) in [6.07, 6.45) is 5.35. The zero-order valence-corrected chi connectivity index (χ0v) is 34.9. The first-order valence-corrected chi connectivity index (χ1v) is 19.3. The number of likely N-dealkylation sites (N-methyl/N-ethyl adjacent to an activating group) is 1. The van der Waals surface area contributed by atoms with E-state index in [4.69, 9.17) is 4.74 Å². The highest BCUT2D eigenvalue weighted by molar-refractivity contribution is 6.38. The number of aldehydes is 1. The lowest BCUT2D eigenvalue weighted by Gasteiger charge is -2.29. The second-order valence-electron chi connectivity index (χ2n) is 15.9. The van der Waals surface area contributed by atoms with Crippen LogP contribution in [0.15, 0.2) is 30.3 Å². The molecule has 6 atom stereocenters. The van der Waals surface area contributed by atoms with Crippen molar-refractivity contribution in [2.45, 2.75) is 151 Å². The topological polar surface area (TPSA) is 163 Å². The van der Waals surface area contributed by atoms with E-state index in [1.807, 2.05) is 105 Å². The van der Waals surface area contributed by atoms with Crippen molar-refractivity contribution >= 4 is 35.9 Å². The number of nitrogens with zero attached hydrogens (tertiary/aromatic N) is 1. The SMILES string of the molecule is CC.CC(C)(C)NC(=O)NC(C=O)C(C)(C)C.CCCC(C)CC(NC(=O)C1C(CCC)CCN1C)C(=O)C(=O)NCC(=O)OC(C)c1ccccc1. The van der Waals surface area contributed by atoms with Crippen LogP contribution in [-0.2, 0) is 28.7 Å². The molecule has 0 radical (unpaired) electrons. The Hall–Kier alpha value is -3.80. The minimum absolute atomic E-state index is 0.154. The monoisotopic (exact) mass is 746 g/mol. The van der Waals surface area contributed by atoms with Gasteiger partial charge in [-0.3, -0.25) is 24.1 Å². The van der Waals surface area contributed by atoms with Gasteiger partial charge in [0, 0.05) is 5.54 Å². The van der Waals surface area contributed by atoms with Gasteiger partial charge < -0.3 is 30.8 Å². The van der Waals surface area contributed by atoms with Gasteiger partial charge in [0.1, 0.15) is 18.9 Å². The molecule has 1 aromatic rings. The zero-order valence-electron chi connectivity index (χ0n) is 34.9. The van der Waals surface area contributed by atoms with E-state index in [2.05, 4.69) is 35.1 Å². The summed E-state index contributed by atoms with van der Waals surface area (Å²) in [6, 6.07) is 7.23. The number of likely N-dealkylation sites (tertiary alicyclic amines) is 1. The second kappa shape index (κ2) is 24.5. The van der Waals surface area contributed by atoms with Gasteiger partial charge in [0.25, 0.3) is 5.91 Å². The first-order chi connectivity index (χ1) is 24.7. The van der Waals surface area contributed by atoms with Crippen molar-refractivity contribution in [3.05, 3.63) is 35.9 Å². The number of amides is 4. The fraction of sp³-hybridized carbons (Fsp3) is 0.707. The first kappa shape index (κ1) is 49.2. The lowest BCUT2D eigenvalue weighted by Crippen LogP contribution is -2.54. The molecule has 0 aliphatic carbocycles. The molecule has 53 heavy (non-hydrogen) atoms. The van der Waals surface area contributed by atoms with Gasteiger partial charge >= 0.3 is 12.0 Å². The van der Waals surface area contributed by atoms with Crippen molar-refractivity contribution in [3.63, 3.8) is 0 Å². The predicted octanol–water partition coefficient (Wildman–Crippen LogP) is 6.13. The molecule has 1 fully saturated rings. The largest absolute Gasteiger partial charge is 0.456 e. The Labute approximate surface area is 319 Å². The number of ether oxygens (including phenoxy) is 1. The fourth-order valence-electron chi connectivity index (χ4n) is 6.02. The van der Waals surface area contributed by atoms with Crippen LogP contribution in [0, 0.1) is 17.3 Å². The van der Waals surface area contributed by atoms with Gasteiger partial charge in [0.15, 0.2) is 0 Å². The maximum atomic E-state index is 13.2. The fourth-order valence-corrected chi connectivity index (χ4v) is 6.02. The van der Waals surface area contributed by atoms with Crippen LogP contribution in [0.4, 0.5) is 4.79 Å². The van der Waals surface area contributed by atoms with Gasteiger partial charge in [-0.1, -0.05) is 105 Å². The summed E-state index contributed by atoms with van der Waals surface area (Å²) >= 11 is 0. The van der Waals surface area contributed by atoms with E-state index < -0.39 is 42.4 Å². The molecule has 0 saturated carbocycles. The minimum Gasteiger partial charge on any atom is -0.456 e. The molecule has 12 heteroatoms. The van der Waals surface area contributed by atoms with Crippen molar-refractivity contribution < 1.29 is 33.5 Å². The molecule has 12 nitrogen and oxygen atoms in total. The number of hydrogen-bond donors (Lipinski definition) is 4. The third-order valence-electron chi connectivity index (χ3n) is 8.79. The van der Waals surface area contributed by atoms with Gasteiger partial charge in [-0.2, -0.15) is 0 Å². The Balaban J connectivity index is 0.00000133. The molecule has 302 valence electrons. The quantitative estimate of drug-likeness (QED) is 0.0893. The lowest BCUT2D eigenvalue weighted by atomic mass is 9.88. The van der Waals surface area contributed by atoms with Gasteiger partial charge in [-0.25, -0.2) is 4.79 Å². The van der Waals surface area contributed by atoms with Crippen LogP contribution in [-0.4, -0.2) is 84.6 Å². The van der Waals surface area contributed by atoms with Crippen molar-refractivity contribution in [2.24, 2.45) is 17.3 Å². The third-order valence-corrected chi connectivity index (χ3v) is 8.79. The Morgan fingerprint density at radius 3 is 2.06 bits per heavy atom. The Bertz CT molecular complexity index is 1270. The van der Waals surface area contributed by atoms with Crippen LogP contribution in [0.5, 0.6) is 0 Å². The van der Waals surface area contributed by atoms with Crippen LogP contribution in [0.25, 0.3) is 0 Å². The molecule has 6 unspecified atom stereocenters. The molecule has 0 aromatic heterocycles. The summed E-state index contributed by atoms with van der Waals surface area (Å²) in [6.45, 7) is 23.7. The highest BCUT2D eigenvalue weighted by Crippen LogP contribution is 2.27. The van der Waals surface area contributed by atoms with Crippen molar-refractivity contribution in [1.82, 2.24) is 26.2 Å². The molecule has 1 aromatic carbocycles. The number of esters is 1. The summed E-state index contributed by atoms with van der Waals surface area (Å²) in [5.41, 5.74) is 0.269. The van der Waals surface area contributed by atoms with Crippen molar-refractivity contribution in [2.75, 3.05) is 20.1 Å². The molecule has 1 aliphatic heterocycles. The number of carbonyl (C=O) groups is 6. The van der Waals surface area contributed by atoms with E-state index in [0.717, 1.165) is 50.5 Å². The number of ketones is 1. The molecule has 0 bridgehead atoms. The van der Waals surface area contributed by atoms with Gasteiger partial charge in [0.2, 0.25) is 11.7 Å². The lowest BCUT2D eigenvalue weighted by molar-refractivity contribution is -0.149. The van der Waals surface area contributed by atoms with E-state index in [1.54, 1.807) is 6.92 Å². The first-order valence-electron chi connectivity index (χ1n) is 19.3. The molecular formula is C41H71N5O7. The average molecular weight is 746 g/mol. The number of carbonyl (C=O) groups excluding carboxylic acids is 6. The van der Waals surface area contributed by atoms with Crippen molar-refractivity contribution in [1.29, 1.82) is 0 Å². The van der Waals surface area contributed by atoms with Crippen LogP contribution in [0.2, 0.25) is 0 Å². The highest BCUT2D eigenvalue weighted by atomic mass is 16.5. The minimum atomic E-state index is -0.936. The third kappa shape index (κ3) is 19.2. The van der Waals surface area contributed by atoms with E-state index in [9.17, 15) is 28.8 Å². The van der Waals surface area contributed by atoms with E-state index >= 15 is 0 Å². The Morgan fingerprint density at radius 2 is 1.55 bits per heavy atom. The Morgan fingerprint density at radius 1 is 0.943 bits per heavy atom. The maximum Gasteiger partial charge on any atom is 0.326 e. The number of hydrogen-bond acceptors (Lipinski definition) is 8. The molecular weight excluding hydrogens is 674 g/mol. The van der Waals surface area contributed by atoms with Gasteiger partial charge in [0.05, 0.1) is 18.1 Å². The maximum absolute atomic E-state index is 13.2. The highest BCUT2D eigenvalue weighted by Gasteiger charge is 2.39. The molecule has 4 amide bonds. The number of benzene rings is 1. The van der Waals surface area contributed by atoms with Crippen molar-refractivity contribution in [3.8, 4) is 0 Å². The number of rotatable bonds is 16. The van der Waals surface area contributed by atoms with Gasteiger partial charge in [-0.05, 0) is 83.4 Å². The molecule has 0 spiro atoms. The zero-order chi connectivity index (χ0) is 40.9. The molecule has 1 heterocycles. The molecule has 4 N–H and O–H groups in total. The van der Waals surface area contributed by atoms with Crippen LogP contribution < -0.4 is 21.3 Å². The van der Waals surface area contributed by atoms with Gasteiger partial charge in [-0.15, -0.1) is 0 Å². The summed E-state index contributed by atoms with van der Waals surface area (Å²) in [5, 5.41) is 10.7. The van der Waals surface area contributed by atoms with E-state index in [0.29, 0.717) is 6.42 Å². The average Bonchev–Trinajstić information content (AvgIpc) is 3.45. The Kier molecular flexibility index (Phi) is 22.7. The molecule has 2 rings (SSSR count). The summed E-state index contributed by atoms with van der Waals surface area (Å²) in [7, 11) is 1.92.